The van der Waals surface area contributed by atoms with Gasteiger partial charge in [0.2, 0.25) is 0 Å². The number of halogens is 1. The summed E-state index contributed by atoms with van der Waals surface area (Å²) in [6.45, 7) is 4.01. The summed E-state index contributed by atoms with van der Waals surface area (Å²) >= 11 is 6.15. The van der Waals surface area contributed by atoms with Gasteiger partial charge in [0.25, 0.3) is 11.9 Å². The van der Waals surface area contributed by atoms with E-state index in [9.17, 15) is 4.79 Å². The summed E-state index contributed by atoms with van der Waals surface area (Å²) < 4.78 is 0. The second-order valence-corrected chi connectivity index (χ2v) is 4.96. The lowest BCUT2D eigenvalue weighted by Crippen LogP contribution is -2.13. The van der Waals surface area contributed by atoms with Crippen molar-refractivity contribution in [3.8, 4) is 0 Å². The number of rotatable bonds is 4. The largest absolute Gasteiger partial charge is 0.288 e. The van der Waals surface area contributed by atoms with Crippen LogP contribution in [-0.4, -0.2) is 26.1 Å². The zero-order valence-corrected chi connectivity index (χ0v) is 12.3. The van der Waals surface area contributed by atoms with Crippen LogP contribution >= 0.6 is 11.6 Å². The first-order chi connectivity index (χ1) is 10.7. The molecule has 0 fully saturated rings. The maximum absolute atomic E-state index is 12.4. The summed E-state index contributed by atoms with van der Waals surface area (Å²) in [6, 6.07) is 10.8. The van der Waals surface area contributed by atoms with Crippen molar-refractivity contribution in [2.45, 2.75) is 6.54 Å². The third-order valence-corrected chi connectivity index (χ3v) is 3.41. The molecule has 3 rings (SSSR count). The third-order valence-electron chi connectivity index (χ3n) is 3.08. The van der Waals surface area contributed by atoms with E-state index in [1.165, 1.54) is 4.80 Å². The molecule has 1 aromatic heterocycles. The van der Waals surface area contributed by atoms with Crippen LogP contribution in [-0.2, 0) is 6.54 Å². The van der Waals surface area contributed by atoms with E-state index < -0.39 is 0 Å². The number of tetrazole rings is 1. The fourth-order valence-electron chi connectivity index (χ4n) is 2.12. The van der Waals surface area contributed by atoms with Crippen molar-refractivity contribution in [2.75, 3.05) is 5.32 Å². The Morgan fingerprint density at radius 1 is 1.27 bits per heavy atom. The molecule has 1 amide bonds. The molecular weight excluding hydrogens is 302 g/mol. The van der Waals surface area contributed by atoms with Gasteiger partial charge in [-0.15, -0.1) is 11.7 Å². The van der Waals surface area contributed by atoms with Crippen LogP contribution in [0.15, 0.2) is 49.1 Å². The van der Waals surface area contributed by atoms with Crippen LogP contribution in [0, 0.1) is 0 Å². The highest BCUT2D eigenvalue weighted by atomic mass is 35.5. The number of hydrogen-bond donors (Lipinski definition) is 1. The molecule has 0 spiro atoms. The number of aromatic nitrogens is 4. The molecule has 0 saturated heterocycles. The monoisotopic (exact) mass is 313 g/mol. The van der Waals surface area contributed by atoms with E-state index in [2.05, 4.69) is 27.3 Å². The van der Waals surface area contributed by atoms with Crippen molar-refractivity contribution >= 4 is 34.2 Å². The normalized spacial score (nSPS) is 10.6. The third kappa shape index (κ3) is 2.68. The molecule has 0 saturated carbocycles. The average Bonchev–Trinajstić information content (AvgIpc) is 2.95. The first-order valence-corrected chi connectivity index (χ1v) is 6.94. The summed E-state index contributed by atoms with van der Waals surface area (Å²) in [5, 5.41) is 16.4. The number of amides is 1. The molecule has 1 heterocycles. The van der Waals surface area contributed by atoms with E-state index in [-0.39, 0.29) is 11.9 Å². The molecule has 1 N–H and O–H groups in total. The number of benzene rings is 2. The van der Waals surface area contributed by atoms with E-state index >= 15 is 0 Å². The van der Waals surface area contributed by atoms with Crippen LogP contribution in [0.25, 0.3) is 10.8 Å². The van der Waals surface area contributed by atoms with E-state index in [1.807, 2.05) is 12.1 Å². The van der Waals surface area contributed by atoms with Crippen molar-refractivity contribution < 1.29 is 4.79 Å². The minimum Gasteiger partial charge on any atom is -0.288 e. The molecule has 7 heteroatoms. The maximum atomic E-state index is 12.4. The molecule has 0 aliphatic rings. The number of nitrogens with zero attached hydrogens (tertiary/aromatic N) is 4. The standard InChI is InChI=1S/C15H12ClN5O/c1-2-9-21-19-15(18-20-21)17-14(22)12-7-3-6-11-10(12)5-4-8-13(11)16/h2-8H,1,9H2,(H,17,19,22). The van der Waals surface area contributed by atoms with Crippen molar-refractivity contribution in [3.63, 3.8) is 0 Å². The number of nitrogens with one attached hydrogen (secondary N) is 1. The number of carbonyl (C=O) groups excluding carboxylic acids is 1. The predicted molar refractivity (Wildman–Crippen MR) is 84.9 cm³/mol. The summed E-state index contributed by atoms with van der Waals surface area (Å²) in [5.74, 6) is -0.170. The smallest absolute Gasteiger partial charge is 0.270 e. The molecule has 0 bridgehead atoms. The zero-order chi connectivity index (χ0) is 15.5. The van der Waals surface area contributed by atoms with Crippen LogP contribution in [0.2, 0.25) is 5.02 Å². The molecule has 0 aliphatic carbocycles. The summed E-state index contributed by atoms with van der Waals surface area (Å²) in [4.78, 5) is 13.8. The Morgan fingerprint density at radius 3 is 2.86 bits per heavy atom. The van der Waals surface area contributed by atoms with Gasteiger partial charge in [-0.25, -0.2) is 0 Å². The lowest BCUT2D eigenvalue weighted by Gasteiger charge is -2.06. The Hall–Kier alpha value is -2.73. The van der Waals surface area contributed by atoms with E-state index in [4.69, 9.17) is 11.6 Å². The van der Waals surface area contributed by atoms with Crippen LogP contribution in [0.5, 0.6) is 0 Å². The lowest BCUT2D eigenvalue weighted by atomic mass is 10.0. The van der Waals surface area contributed by atoms with Crippen molar-refractivity contribution in [2.24, 2.45) is 0 Å². The van der Waals surface area contributed by atoms with Crippen molar-refractivity contribution in [1.82, 2.24) is 20.2 Å². The van der Waals surface area contributed by atoms with Crippen molar-refractivity contribution in [3.05, 3.63) is 59.6 Å². The number of anilines is 1. The number of allylic oxidation sites excluding steroid dienone is 1. The number of fused-ring (bicyclic) bond motifs is 1. The van der Waals surface area contributed by atoms with Gasteiger partial charge in [0.1, 0.15) is 0 Å². The molecule has 2 aromatic carbocycles. The quantitative estimate of drug-likeness (QED) is 0.752. The van der Waals surface area contributed by atoms with Crippen LogP contribution in [0.4, 0.5) is 5.95 Å². The molecule has 0 unspecified atom stereocenters. The summed E-state index contributed by atoms with van der Waals surface area (Å²) in [7, 11) is 0. The minimum absolute atomic E-state index is 0.144. The molecule has 0 aliphatic heterocycles. The van der Waals surface area contributed by atoms with Crippen LogP contribution in [0.1, 0.15) is 10.4 Å². The molecular formula is C15H12ClN5O. The second kappa shape index (κ2) is 5.95. The minimum atomic E-state index is -0.314. The topological polar surface area (TPSA) is 72.7 Å². The Balaban J connectivity index is 1.91. The molecule has 0 atom stereocenters. The van der Waals surface area contributed by atoms with Gasteiger partial charge in [0.15, 0.2) is 0 Å². The first-order valence-electron chi connectivity index (χ1n) is 6.56. The van der Waals surface area contributed by atoms with Gasteiger partial charge >= 0.3 is 0 Å². The Morgan fingerprint density at radius 2 is 2.05 bits per heavy atom. The zero-order valence-electron chi connectivity index (χ0n) is 11.5. The van der Waals surface area contributed by atoms with Gasteiger partial charge < -0.3 is 0 Å². The molecule has 6 nitrogen and oxygen atoms in total. The fraction of sp³-hybridized carbons (Fsp3) is 0.0667. The van der Waals surface area contributed by atoms with E-state index in [0.29, 0.717) is 17.1 Å². The SMILES string of the molecule is C=CCn1nnc(NC(=O)c2cccc3c(Cl)cccc23)n1. The van der Waals surface area contributed by atoms with Crippen LogP contribution in [0.3, 0.4) is 0 Å². The number of carbonyl (C=O) groups is 1. The predicted octanol–water partition coefficient (Wildman–Crippen LogP) is 2.92. The Bertz CT molecular complexity index is 858. The highest BCUT2D eigenvalue weighted by Gasteiger charge is 2.13. The second-order valence-electron chi connectivity index (χ2n) is 4.55. The molecule has 22 heavy (non-hydrogen) atoms. The molecule has 3 aromatic rings. The van der Waals surface area contributed by atoms with Gasteiger partial charge in [-0.1, -0.05) is 47.0 Å². The lowest BCUT2D eigenvalue weighted by molar-refractivity contribution is 0.102. The van der Waals surface area contributed by atoms with Crippen molar-refractivity contribution in [1.29, 1.82) is 0 Å². The van der Waals surface area contributed by atoms with Gasteiger partial charge in [0, 0.05) is 16.0 Å². The fourth-order valence-corrected chi connectivity index (χ4v) is 2.36. The van der Waals surface area contributed by atoms with Gasteiger partial charge in [-0.3, -0.25) is 10.1 Å². The van der Waals surface area contributed by atoms with E-state index in [0.717, 1.165) is 10.8 Å². The molecule has 110 valence electrons. The summed E-state index contributed by atoms with van der Waals surface area (Å²) in [6.07, 6.45) is 1.64. The highest BCUT2D eigenvalue weighted by Crippen LogP contribution is 2.26. The Kier molecular flexibility index (Phi) is 3.84. The van der Waals surface area contributed by atoms with Gasteiger partial charge in [-0.05, 0) is 22.7 Å². The maximum Gasteiger partial charge on any atom is 0.270 e. The molecule has 0 radical (unpaired) electrons. The summed E-state index contributed by atoms with van der Waals surface area (Å²) in [5.41, 5.74) is 0.500. The average molecular weight is 314 g/mol. The highest BCUT2D eigenvalue weighted by molar-refractivity contribution is 6.36. The Labute approximate surface area is 131 Å². The first kappa shape index (κ1) is 14.2. The van der Waals surface area contributed by atoms with Crippen LogP contribution < -0.4 is 5.32 Å². The van der Waals surface area contributed by atoms with Gasteiger partial charge in [-0.2, -0.15) is 4.80 Å². The van der Waals surface area contributed by atoms with E-state index in [1.54, 1.807) is 30.3 Å². The number of hydrogen-bond acceptors (Lipinski definition) is 4. The van der Waals surface area contributed by atoms with Gasteiger partial charge in [0.05, 0.1) is 6.54 Å².